The van der Waals surface area contributed by atoms with Gasteiger partial charge in [-0.25, -0.2) is 0 Å². The molecule has 1 aromatic carbocycles. The first-order valence-electron chi connectivity index (χ1n) is 10.8. The molecule has 2 amide bonds. The first-order chi connectivity index (χ1) is 14.3. The van der Waals surface area contributed by atoms with E-state index in [-0.39, 0.29) is 18.4 Å². The lowest BCUT2D eigenvalue weighted by Gasteiger charge is -2.43. The molecule has 166 valence electrons. The van der Waals surface area contributed by atoms with Gasteiger partial charge in [0.1, 0.15) is 28.8 Å². The summed E-state index contributed by atoms with van der Waals surface area (Å²) in [7, 11) is 3.05. The highest BCUT2D eigenvalue weighted by Crippen LogP contribution is 2.44. The van der Waals surface area contributed by atoms with E-state index in [0.29, 0.717) is 48.3 Å². The molecule has 0 bridgehead atoms. The van der Waals surface area contributed by atoms with Gasteiger partial charge >= 0.3 is 0 Å². The molecule has 2 aliphatic rings. The summed E-state index contributed by atoms with van der Waals surface area (Å²) >= 11 is 0. The summed E-state index contributed by atoms with van der Waals surface area (Å²) in [5, 5.41) is 2.97. The van der Waals surface area contributed by atoms with Gasteiger partial charge in [-0.3, -0.25) is 14.5 Å². The van der Waals surface area contributed by atoms with Crippen LogP contribution in [0.25, 0.3) is 0 Å². The van der Waals surface area contributed by atoms with Gasteiger partial charge in [0.05, 0.1) is 20.8 Å². The van der Waals surface area contributed by atoms with Gasteiger partial charge in [0.15, 0.2) is 0 Å². The Kier molecular flexibility index (Phi) is 6.91. The second-order valence-corrected chi connectivity index (χ2v) is 8.81. The maximum atomic E-state index is 13.9. The molecular weight excluding hydrogens is 384 g/mol. The normalized spacial score (nSPS) is 26.1. The maximum absolute atomic E-state index is 13.9. The van der Waals surface area contributed by atoms with Crippen LogP contribution in [0.3, 0.4) is 0 Å². The van der Waals surface area contributed by atoms with Gasteiger partial charge in [-0.05, 0) is 49.7 Å². The molecule has 1 unspecified atom stereocenters. The number of hydrogen-bond donors (Lipinski definition) is 1. The first kappa shape index (κ1) is 22.4. The Balaban J connectivity index is 2.00. The molecule has 1 aromatic rings. The van der Waals surface area contributed by atoms with Crippen molar-refractivity contribution < 1.29 is 23.8 Å². The number of carbonyl (C=O) groups excluding carboxylic acids is 2. The summed E-state index contributed by atoms with van der Waals surface area (Å²) in [6.07, 6.45) is 3.33. The minimum absolute atomic E-state index is 0.179. The standard InChI is InChI=1S/C23H34N2O5/c1-15(2)13-24-21(26)17-14-30-23(11-9-16(3)10-12-23)25(17)22(27)20-18(28-4)7-6-8-19(20)29-5/h6-8,15-17H,9-14H2,1-5H3,(H,24,26). The zero-order chi connectivity index (χ0) is 21.9. The number of nitrogens with zero attached hydrogens (tertiary/aromatic N) is 1. The lowest BCUT2D eigenvalue weighted by molar-refractivity contribution is -0.128. The van der Waals surface area contributed by atoms with Crippen LogP contribution >= 0.6 is 0 Å². The Hall–Kier alpha value is -2.28. The van der Waals surface area contributed by atoms with Gasteiger partial charge in [0, 0.05) is 6.54 Å². The number of rotatable bonds is 6. The van der Waals surface area contributed by atoms with E-state index in [4.69, 9.17) is 14.2 Å². The van der Waals surface area contributed by atoms with Crippen LogP contribution in [0.4, 0.5) is 0 Å². The van der Waals surface area contributed by atoms with Gasteiger partial charge in [0.2, 0.25) is 5.91 Å². The highest BCUT2D eigenvalue weighted by molar-refractivity contribution is 6.02. The fourth-order valence-electron chi connectivity index (χ4n) is 4.39. The number of ether oxygens (including phenoxy) is 3. The summed E-state index contributed by atoms with van der Waals surface area (Å²) in [5.41, 5.74) is -0.442. The topological polar surface area (TPSA) is 77.1 Å². The number of methoxy groups -OCH3 is 2. The zero-order valence-corrected chi connectivity index (χ0v) is 18.7. The smallest absolute Gasteiger partial charge is 0.264 e. The van der Waals surface area contributed by atoms with Crippen LogP contribution < -0.4 is 14.8 Å². The van der Waals surface area contributed by atoms with Gasteiger partial charge in [-0.1, -0.05) is 26.8 Å². The lowest BCUT2D eigenvalue weighted by atomic mass is 9.83. The van der Waals surface area contributed by atoms with Crippen molar-refractivity contribution >= 4 is 11.8 Å². The molecule has 7 nitrogen and oxygen atoms in total. The summed E-state index contributed by atoms with van der Waals surface area (Å²) < 4.78 is 17.2. The second kappa shape index (κ2) is 9.25. The number of carbonyl (C=O) groups is 2. The van der Waals surface area contributed by atoms with Crippen LogP contribution in [0.5, 0.6) is 11.5 Å². The van der Waals surface area contributed by atoms with Crippen molar-refractivity contribution in [2.24, 2.45) is 11.8 Å². The van der Waals surface area contributed by atoms with Crippen LogP contribution in [0.15, 0.2) is 18.2 Å². The van der Waals surface area contributed by atoms with Crippen molar-refractivity contribution in [2.45, 2.75) is 58.2 Å². The molecule has 1 aliphatic heterocycles. The van der Waals surface area contributed by atoms with Gasteiger partial charge < -0.3 is 19.5 Å². The molecule has 1 N–H and O–H groups in total. The molecule has 1 saturated heterocycles. The summed E-state index contributed by atoms with van der Waals surface area (Å²) in [5.74, 6) is 1.27. The van der Waals surface area contributed by atoms with E-state index in [9.17, 15) is 9.59 Å². The van der Waals surface area contributed by atoms with Crippen LogP contribution in [0.2, 0.25) is 0 Å². The highest BCUT2D eigenvalue weighted by atomic mass is 16.5. The fourth-order valence-corrected chi connectivity index (χ4v) is 4.39. The molecule has 1 atom stereocenters. The Bertz CT molecular complexity index is 749. The molecule has 30 heavy (non-hydrogen) atoms. The SMILES string of the molecule is COc1cccc(OC)c1C(=O)N1C(C(=O)NCC(C)C)COC12CCC(C)CC2. The predicted molar refractivity (Wildman–Crippen MR) is 114 cm³/mol. The third-order valence-electron chi connectivity index (χ3n) is 6.16. The molecule has 1 saturated carbocycles. The molecule has 1 aliphatic carbocycles. The van der Waals surface area contributed by atoms with Crippen LogP contribution in [-0.4, -0.2) is 55.9 Å². The number of benzene rings is 1. The highest BCUT2D eigenvalue weighted by Gasteiger charge is 2.54. The molecular formula is C23H34N2O5. The Morgan fingerprint density at radius 1 is 1.20 bits per heavy atom. The second-order valence-electron chi connectivity index (χ2n) is 8.81. The summed E-state index contributed by atoms with van der Waals surface area (Å²) in [6, 6.07) is 4.56. The van der Waals surface area contributed by atoms with Crippen molar-refractivity contribution in [3.8, 4) is 11.5 Å². The molecule has 3 rings (SSSR count). The monoisotopic (exact) mass is 418 g/mol. The third-order valence-corrected chi connectivity index (χ3v) is 6.16. The van der Waals surface area contributed by atoms with Crippen molar-refractivity contribution in [1.29, 1.82) is 0 Å². The van der Waals surface area contributed by atoms with E-state index in [1.807, 2.05) is 13.8 Å². The maximum Gasteiger partial charge on any atom is 0.264 e. The van der Waals surface area contributed by atoms with Crippen LogP contribution in [0.1, 0.15) is 56.8 Å². The fraction of sp³-hybridized carbons (Fsp3) is 0.652. The van der Waals surface area contributed by atoms with E-state index in [2.05, 4.69) is 12.2 Å². The first-order valence-corrected chi connectivity index (χ1v) is 10.8. The largest absolute Gasteiger partial charge is 0.496 e. The molecule has 2 fully saturated rings. The lowest BCUT2D eigenvalue weighted by Crippen LogP contribution is -2.57. The Morgan fingerprint density at radius 2 is 1.80 bits per heavy atom. The number of amides is 2. The van der Waals surface area contributed by atoms with E-state index in [1.54, 1.807) is 23.1 Å². The molecule has 0 aromatic heterocycles. The molecule has 1 spiro atoms. The third kappa shape index (κ3) is 4.26. The van der Waals surface area contributed by atoms with Crippen molar-refractivity contribution in [2.75, 3.05) is 27.4 Å². The zero-order valence-electron chi connectivity index (χ0n) is 18.7. The Morgan fingerprint density at radius 3 is 2.33 bits per heavy atom. The quantitative estimate of drug-likeness (QED) is 0.768. The molecule has 0 radical (unpaired) electrons. The van der Waals surface area contributed by atoms with Gasteiger partial charge in [-0.2, -0.15) is 0 Å². The average molecular weight is 419 g/mol. The average Bonchev–Trinajstić information content (AvgIpc) is 3.11. The van der Waals surface area contributed by atoms with Gasteiger partial charge in [-0.15, -0.1) is 0 Å². The van der Waals surface area contributed by atoms with E-state index in [1.165, 1.54) is 14.2 Å². The van der Waals surface area contributed by atoms with E-state index >= 15 is 0 Å². The van der Waals surface area contributed by atoms with Crippen molar-refractivity contribution in [3.05, 3.63) is 23.8 Å². The summed E-state index contributed by atoms with van der Waals surface area (Å²) in [6.45, 7) is 7.04. The van der Waals surface area contributed by atoms with Gasteiger partial charge in [0.25, 0.3) is 5.91 Å². The van der Waals surface area contributed by atoms with Crippen molar-refractivity contribution in [3.63, 3.8) is 0 Å². The minimum atomic E-state index is -0.769. The van der Waals surface area contributed by atoms with Crippen LogP contribution in [-0.2, 0) is 9.53 Å². The number of nitrogens with one attached hydrogen (secondary N) is 1. The molecule has 1 heterocycles. The molecule has 7 heteroatoms. The predicted octanol–water partition coefficient (Wildman–Crippen LogP) is 3.22. The minimum Gasteiger partial charge on any atom is -0.496 e. The van der Waals surface area contributed by atoms with Crippen LogP contribution in [0, 0.1) is 11.8 Å². The number of hydrogen-bond acceptors (Lipinski definition) is 5. The van der Waals surface area contributed by atoms with E-state index < -0.39 is 11.8 Å². The van der Waals surface area contributed by atoms with Crippen molar-refractivity contribution in [1.82, 2.24) is 10.2 Å². The Labute approximate surface area is 179 Å². The van der Waals surface area contributed by atoms with E-state index in [0.717, 1.165) is 12.8 Å². The summed E-state index contributed by atoms with van der Waals surface area (Å²) in [4.78, 5) is 28.6.